The fraction of sp³-hybridized carbons (Fsp3) is 0.167. The Morgan fingerprint density at radius 1 is 0.604 bits per heavy atom. The summed E-state index contributed by atoms with van der Waals surface area (Å²) >= 11 is 0. The van der Waals surface area contributed by atoms with Crippen LogP contribution in [0, 0.1) is 0 Å². The number of rotatable bonds is 7. The van der Waals surface area contributed by atoms with Crippen LogP contribution in [0.5, 0.6) is 46.0 Å². The Kier molecular flexibility index (Phi) is 7.79. The minimum Gasteiger partial charge on any atom is -0.508 e. The molecule has 0 unspecified atom stereocenters. The highest BCUT2D eigenvalue weighted by molar-refractivity contribution is 5.99. The highest BCUT2D eigenvalue weighted by Crippen LogP contribution is 2.40. The van der Waals surface area contributed by atoms with Crippen LogP contribution >= 0.6 is 0 Å². The van der Waals surface area contributed by atoms with Crippen LogP contribution in [0.2, 0.25) is 0 Å². The zero-order valence-corrected chi connectivity index (χ0v) is 25.9. The normalized spacial score (nSPS) is 11.9. The van der Waals surface area contributed by atoms with Gasteiger partial charge in [0.1, 0.15) is 63.0 Å². The van der Waals surface area contributed by atoms with Crippen LogP contribution in [0.15, 0.2) is 78.1 Å². The van der Waals surface area contributed by atoms with E-state index in [1.165, 1.54) is 12.1 Å². The van der Waals surface area contributed by atoms with Crippen molar-refractivity contribution in [3.8, 4) is 46.0 Å². The molecular formula is C36H30O12. The summed E-state index contributed by atoms with van der Waals surface area (Å²) in [4.78, 5) is 27.2. The molecule has 12 heteroatoms. The quantitative estimate of drug-likeness (QED) is 0.0755. The first kappa shape index (κ1) is 31.7. The number of fused-ring (bicyclic) bond motifs is 4. The summed E-state index contributed by atoms with van der Waals surface area (Å²) in [5, 5.41) is 72.0. The number of hydrogen-bond acceptors (Lipinski definition) is 12. The van der Waals surface area contributed by atoms with E-state index in [1.807, 2.05) is 19.9 Å². The maximum atomic E-state index is 13.7. The van der Waals surface area contributed by atoms with Gasteiger partial charge in [-0.15, -0.1) is 0 Å². The first-order valence-corrected chi connectivity index (χ1v) is 14.7. The van der Waals surface area contributed by atoms with Gasteiger partial charge in [0.15, 0.2) is 22.7 Å². The molecule has 6 rings (SSSR count). The molecule has 0 saturated heterocycles. The van der Waals surface area contributed by atoms with E-state index in [9.17, 15) is 45.3 Å². The van der Waals surface area contributed by atoms with Crippen LogP contribution in [-0.2, 0) is 12.8 Å². The number of aromatic hydroxyl groups is 7. The molecular weight excluding hydrogens is 624 g/mol. The Hall–Kier alpha value is -6.30. The monoisotopic (exact) mass is 654 g/mol. The third-order valence-electron chi connectivity index (χ3n) is 7.96. The Balaban J connectivity index is 1.40. The lowest BCUT2D eigenvalue weighted by molar-refractivity contribution is 0.346. The predicted octanol–water partition coefficient (Wildman–Crippen LogP) is 6.22. The standard InChI is InChI=1S/C36H30O12/c1-15(2)4-6-20-26(13-25(43)36-30(20)34(45)32-23(41)9-18(38)11-28(32)48-36)46-14-16(3)5-7-19-21(39)12-24(42)35-29(19)33(44)31-22(40)8-17(37)10-27(31)47-35/h4-5,8-13,37-43H,6-7,14H2,1-3H3/b16-5+. The second-order valence-electron chi connectivity index (χ2n) is 11.7. The van der Waals surface area contributed by atoms with Crippen molar-refractivity contribution in [1.29, 1.82) is 0 Å². The van der Waals surface area contributed by atoms with Crippen LogP contribution in [0.3, 0.4) is 0 Å². The Morgan fingerprint density at radius 3 is 1.65 bits per heavy atom. The van der Waals surface area contributed by atoms with E-state index < -0.39 is 39.6 Å². The number of phenols is 7. The van der Waals surface area contributed by atoms with Crippen LogP contribution in [0.1, 0.15) is 31.9 Å². The molecule has 246 valence electrons. The van der Waals surface area contributed by atoms with Crippen LogP contribution < -0.4 is 15.6 Å². The fourth-order valence-electron chi connectivity index (χ4n) is 5.66. The molecule has 0 spiro atoms. The van der Waals surface area contributed by atoms with Gasteiger partial charge in [0.25, 0.3) is 0 Å². The molecule has 0 aliphatic heterocycles. The molecule has 7 N–H and O–H groups in total. The zero-order valence-electron chi connectivity index (χ0n) is 25.9. The molecule has 0 bridgehead atoms. The summed E-state index contributed by atoms with van der Waals surface area (Å²) in [6.45, 7) is 5.41. The molecule has 0 amide bonds. The van der Waals surface area contributed by atoms with Gasteiger partial charge in [0.2, 0.25) is 10.9 Å². The van der Waals surface area contributed by atoms with Crippen molar-refractivity contribution in [3.63, 3.8) is 0 Å². The number of benzene rings is 4. The van der Waals surface area contributed by atoms with Gasteiger partial charge in [-0.2, -0.15) is 0 Å². The summed E-state index contributed by atoms with van der Waals surface area (Å²) in [6.07, 6.45) is 3.71. The molecule has 0 fully saturated rings. The molecule has 2 aromatic heterocycles. The largest absolute Gasteiger partial charge is 0.508 e. The zero-order chi connectivity index (χ0) is 34.6. The third kappa shape index (κ3) is 5.42. The van der Waals surface area contributed by atoms with E-state index in [-0.39, 0.29) is 86.1 Å². The molecule has 0 aliphatic rings. The Labute approximate surface area is 270 Å². The highest BCUT2D eigenvalue weighted by Gasteiger charge is 2.23. The summed E-state index contributed by atoms with van der Waals surface area (Å²) in [7, 11) is 0. The van der Waals surface area contributed by atoms with Crippen molar-refractivity contribution < 1.29 is 49.3 Å². The molecule has 6 aromatic rings. The van der Waals surface area contributed by atoms with Gasteiger partial charge >= 0.3 is 0 Å². The second-order valence-corrected chi connectivity index (χ2v) is 11.7. The summed E-state index contributed by atoms with van der Waals surface area (Å²) < 4.78 is 17.5. The molecule has 48 heavy (non-hydrogen) atoms. The van der Waals surface area contributed by atoms with Crippen molar-refractivity contribution in [1.82, 2.24) is 0 Å². The van der Waals surface area contributed by atoms with Crippen LogP contribution in [0.25, 0.3) is 43.9 Å². The van der Waals surface area contributed by atoms with Crippen molar-refractivity contribution in [2.75, 3.05) is 6.61 Å². The number of ether oxygens (including phenoxy) is 1. The predicted molar refractivity (Wildman–Crippen MR) is 178 cm³/mol. The third-order valence-corrected chi connectivity index (χ3v) is 7.96. The number of phenolic OH excluding ortho intramolecular Hbond substituents is 7. The van der Waals surface area contributed by atoms with Gasteiger partial charge in [0.05, 0.1) is 10.8 Å². The Bertz CT molecular complexity index is 2500. The van der Waals surface area contributed by atoms with E-state index in [0.717, 1.165) is 29.8 Å². The van der Waals surface area contributed by atoms with Crippen LogP contribution in [-0.4, -0.2) is 42.4 Å². The molecule has 4 aromatic carbocycles. The van der Waals surface area contributed by atoms with E-state index in [4.69, 9.17) is 13.6 Å². The lowest BCUT2D eigenvalue weighted by Gasteiger charge is -2.15. The summed E-state index contributed by atoms with van der Waals surface area (Å²) in [5.41, 5.74) is 0.0420. The van der Waals surface area contributed by atoms with Gasteiger partial charge in [-0.1, -0.05) is 17.7 Å². The molecule has 0 atom stereocenters. The minimum atomic E-state index is -0.726. The molecule has 0 radical (unpaired) electrons. The van der Waals surface area contributed by atoms with E-state index >= 15 is 0 Å². The fourth-order valence-corrected chi connectivity index (χ4v) is 5.66. The van der Waals surface area contributed by atoms with Crippen molar-refractivity contribution in [2.45, 2.75) is 33.6 Å². The van der Waals surface area contributed by atoms with Gasteiger partial charge in [-0.25, -0.2) is 0 Å². The maximum Gasteiger partial charge on any atom is 0.204 e. The molecule has 12 nitrogen and oxygen atoms in total. The number of hydrogen-bond donors (Lipinski definition) is 7. The van der Waals surface area contributed by atoms with Crippen LogP contribution in [0.4, 0.5) is 0 Å². The summed E-state index contributed by atoms with van der Waals surface area (Å²) in [6, 6.07) is 6.62. The van der Waals surface area contributed by atoms with Gasteiger partial charge in [-0.3, -0.25) is 9.59 Å². The maximum absolute atomic E-state index is 13.7. The molecule has 0 aliphatic carbocycles. The first-order chi connectivity index (χ1) is 22.7. The molecule has 2 heterocycles. The lowest BCUT2D eigenvalue weighted by atomic mass is 10.00. The van der Waals surface area contributed by atoms with Gasteiger partial charge < -0.3 is 49.3 Å². The topological polar surface area (TPSA) is 211 Å². The smallest absolute Gasteiger partial charge is 0.204 e. The molecule has 0 saturated carbocycles. The van der Waals surface area contributed by atoms with E-state index in [2.05, 4.69) is 0 Å². The number of allylic oxidation sites excluding steroid dienone is 3. The van der Waals surface area contributed by atoms with Crippen molar-refractivity contribution in [3.05, 3.63) is 91.3 Å². The van der Waals surface area contributed by atoms with Gasteiger partial charge in [-0.05, 0) is 39.2 Å². The van der Waals surface area contributed by atoms with E-state index in [0.29, 0.717) is 11.1 Å². The second kappa shape index (κ2) is 11.8. The highest BCUT2D eigenvalue weighted by atomic mass is 16.5. The SMILES string of the molecule is CC(C)=CCc1c(OC/C(C)=C/Cc2c(O)cc(O)c3oc4cc(O)cc(O)c4c(=O)c23)cc(O)c2oc3cc(O)cc(O)c3c(=O)c12. The minimum absolute atomic E-state index is 0.00590. The Morgan fingerprint density at radius 2 is 1.10 bits per heavy atom. The van der Waals surface area contributed by atoms with Gasteiger partial charge in [0, 0.05) is 47.5 Å². The van der Waals surface area contributed by atoms with Crippen molar-refractivity contribution >= 4 is 43.9 Å². The van der Waals surface area contributed by atoms with Crippen molar-refractivity contribution in [2.24, 2.45) is 0 Å². The summed E-state index contributed by atoms with van der Waals surface area (Å²) in [5.74, 6) is -2.84. The lowest BCUT2D eigenvalue weighted by Crippen LogP contribution is -2.09. The average molecular weight is 655 g/mol. The first-order valence-electron chi connectivity index (χ1n) is 14.7. The van der Waals surface area contributed by atoms with E-state index in [1.54, 1.807) is 13.0 Å². The average Bonchev–Trinajstić information content (AvgIpc) is 2.99.